The number of aromatic amines is 1. The molecule has 3 rings (SSSR count). The molecule has 0 aliphatic carbocycles. The molecule has 3 aromatic rings. The van der Waals surface area contributed by atoms with Crippen LogP contribution < -0.4 is 5.56 Å². The molecule has 92 valence electrons. The van der Waals surface area contributed by atoms with Crippen molar-refractivity contribution in [2.45, 2.75) is 12.8 Å². The first-order valence-corrected chi connectivity index (χ1v) is 7.56. The third-order valence-corrected chi connectivity index (χ3v) is 4.82. The Kier molecular flexibility index (Phi) is 2.97. The van der Waals surface area contributed by atoms with E-state index in [1.807, 2.05) is 24.4 Å². The van der Waals surface area contributed by atoms with Crippen LogP contribution in [0.2, 0.25) is 0 Å². The highest BCUT2D eigenvalue weighted by Gasteiger charge is 2.16. The van der Waals surface area contributed by atoms with Crippen LogP contribution in [-0.4, -0.2) is 9.97 Å². The van der Waals surface area contributed by atoms with Gasteiger partial charge in [0.1, 0.15) is 10.7 Å². The number of nitrogens with one attached hydrogen (secondary N) is 1. The van der Waals surface area contributed by atoms with Crippen molar-refractivity contribution in [2.75, 3.05) is 0 Å². The van der Waals surface area contributed by atoms with Crippen LogP contribution in [0.4, 0.5) is 0 Å². The average Bonchev–Trinajstić information content (AvgIpc) is 2.95. The van der Waals surface area contributed by atoms with Crippen molar-refractivity contribution in [2.24, 2.45) is 0 Å². The number of halogens is 1. The molecule has 0 saturated carbocycles. The van der Waals surface area contributed by atoms with E-state index in [1.54, 1.807) is 11.3 Å². The van der Waals surface area contributed by atoms with Crippen molar-refractivity contribution in [3.8, 4) is 10.4 Å². The van der Waals surface area contributed by atoms with Gasteiger partial charge in [0, 0.05) is 15.3 Å². The molecule has 18 heavy (non-hydrogen) atoms. The first kappa shape index (κ1) is 11.9. The van der Waals surface area contributed by atoms with Gasteiger partial charge in [0.25, 0.3) is 5.56 Å². The fourth-order valence-corrected chi connectivity index (χ4v) is 4.03. The van der Waals surface area contributed by atoms with Gasteiger partial charge in [0.15, 0.2) is 0 Å². The monoisotopic (exact) mass is 296 g/mol. The lowest BCUT2D eigenvalue weighted by atomic mass is 10.1. The summed E-state index contributed by atoms with van der Waals surface area (Å²) in [7, 11) is 0. The number of rotatable bonds is 2. The van der Waals surface area contributed by atoms with Crippen molar-refractivity contribution in [3.63, 3.8) is 0 Å². The molecular weight excluding hydrogens is 288 g/mol. The van der Waals surface area contributed by atoms with E-state index in [9.17, 15) is 4.79 Å². The smallest absolute Gasteiger partial charge is 0.260 e. The lowest BCUT2D eigenvalue weighted by Gasteiger charge is -1.98. The predicted octanol–water partition coefficient (Wildman–Crippen LogP) is 3.76. The molecule has 0 fully saturated rings. The summed E-state index contributed by atoms with van der Waals surface area (Å²) in [5.41, 5.74) is 0.892. The van der Waals surface area contributed by atoms with Gasteiger partial charge >= 0.3 is 0 Å². The van der Waals surface area contributed by atoms with Gasteiger partial charge in [-0.3, -0.25) is 4.79 Å². The van der Waals surface area contributed by atoms with Gasteiger partial charge < -0.3 is 4.98 Å². The summed E-state index contributed by atoms with van der Waals surface area (Å²) in [5.74, 6) is 0.740. The van der Waals surface area contributed by atoms with E-state index in [2.05, 4.69) is 9.97 Å². The fraction of sp³-hybridized carbons (Fsp3) is 0.167. The molecule has 0 atom stereocenters. The maximum absolute atomic E-state index is 12.1. The summed E-state index contributed by atoms with van der Waals surface area (Å²) in [4.78, 5) is 22.2. The molecular formula is C12H9ClN2OS2. The minimum absolute atomic E-state index is 0.108. The van der Waals surface area contributed by atoms with Gasteiger partial charge in [-0.25, -0.2) is 4.98 Å². The number of hydrogen-bond acceptors (Lipinski definition) is 4. The molecule has 3 aromatic heterocycles. The molecule has 3 nitrogen and oxygen atoms in total. The molecule has 3 heterocycles. The zero-order valence-electron chi connectivity index (χ0n) is 9.49. The summed E-state index contributed by atoms with van der Waals surface area (Å²) < 4.78 is 0. The van der Waals surface area contributed by atoms with E-state index in [0.29, 0.717) is 11.2 Å². The summed E-state index contributed by atoms with van der Waals surface area (Å²) >= 11 is 8.89. The minimum Gasteiger partial charge on any atom is -0.309 e. The van der Waals surface area contributed by atoms with Crippen LogP contribution in [0.5, 0.6) is 0 Å². The van der Waals surface area contributed by atoms with Crippen molar-refractivity contribution in [3.05, 3.63) is 38.6 Å². The number of alkyl halides is 1. The van der Waals surface area contributed by atoms with Crippen molar-refractivity contribution >= 4 is 44.5 Å². The topological polar surface area (TPSA) is 45.8 Å². The number of nitrogens with zero attached hydrogens (tertiary/aromatic N) is 1. The Bertz CT molecular complexity index is 758. The van der Waals surface area contributed by atoms with Gasteiger partial charge in [0.05, 0.1) is 11.3 Å². The molecule has 1 N–H and O–H groups in total. The lowest BCUT2D eigenvalue weighted by molar-refractivity contribution is 1.04. The van der Waals surface area contributed by atoms with Gasteiger partial charge in [-0.1, -0.05) is 6.07 Å². The van der Waals surface area contributed by atoms with Gasteiger partial charge in [0.2, 0.25) is 0 Å². The molecule has 0 amide bonds. The van der Waals surface area contributed by atoms with E-state index < -0.39 is 0 Å². The first-order chi connectivity index (χ1) is 8.70. The first-order valence-electron chi connectivity index (χ1n) is 5.33. The van der Waals surface area contributed by atoms with Gasteiger partial charge in [-0.2, -0.15) is 0 Å². The normalized spacial score (nSPS) is 11.2. The summed E-state index contributed by atoms with van der Waals surface area (Å²) in [6, 6.07) is 4.01. The third-order valence-electron chi connectivity index (χ3n) is 2.68. The second-order valence-electron chi connectivity index (χ2n) is 3.84. The van der Waals surface area contributed by atoms with Crippen LogP contribution in [0.3, 0.4) is 0 Å². The lowest BCUT2D eigenvalue weighted by Crippen LogP contribution is -2.10. The van der Waals surface area contributed by atoms with Crippen molar-refractivity contribution < 1.29 is 0 Å². The number of thiophene rings is 2. The highest BCUT2D eigenvalue weighted by Crippen LogP contribution is 2.37. The minimum atomic E-state index is -0.108. The van der Waals surface area contributed by atoms with E-state index in [1.165, 1.54) is 11.3 Å². The van der Waals surface area contributed by atoms with Crippen LogP contribution >= 0.6 is 34.3 Å². The number of hydrogen-bond donors (Lipinski definition) is 1. The van der Waals surface area contributed by atoms with E-state index in [0.717, 1.165) is 20.1 Å². The van der Waals surface area contributed by atoms with Crippen LogP contribution in [0.15, 0.2) is 22.3 Å². The number of H-pyrrole nitrogens is 1. The van der Waals surface area contributed by atoms with Crippen LogP contribution in [0, 0.1) is 6.92 Å². The quantitative estimate of drug-likeness (QED) is 0.732. The molecule has 0 aliphatic heterocycles. The standard InChI is InChI=1S/C12H9ClN2OS2/c1-6-9(7-3-2-4-17-7)10-11(16)14-8(5-13)15-12(10)18-6/h2-4H,5H2,1H3,(H,14,15,16). The molecule has 0 bridgehead atoms. The second kappa shape index (κ2) is 4.50. The number of aryl methyl sites for hydroxylation is 1. The second-order valence-corrected chi connectivity index (χ2v) is 6.26. The highest BCUT2D eigenvalue weighted by molar-refractivity contribution is 7.20. The van der Waals surface area contributed by atoms with Crippen molar-refractivity contribution in [1.29, 1.82) is 0 Å². The number of aromatic nitrogens is 2. The summed E-state index contributed by atoms with van der Waals surface area (Å²) in [6.07, 6.45) is 0. The summed E-state index contributed by atoms with van der Waals surface area (Å²) in [5, 5.41) is 2.68. The van der Waals surface area contributed by atoms with Crippen LogP contribution in [-0.2, 0) is 5.88 Å². The maximum atomic E-state index is 12.1. The molecule has 0 unspecified atom stereocenters. The fourth-order valence-electron chi connectivity index (χ4n) is 1.94. The van der Waals surface area contributed by atoms with Crippen molar-refractivity contribution in [1.82, 2.24) is 9.97 Å². The number of fused-ring (bicyclic) bond motifs is 1. The van der Waals surface area contributed by atoms with Gasteiger partial charge in [-0.05, 0) is 18.4 Å². The molecule has 0 aromatic carbocycles. The molecule has 0 aliphatic rings. The van der Waals surface area contributed by atoms with E-state index >= 15 is 0 Å². The largest absolute Gasteiger partial charge is 0.309 e. The Morgan fingerprint density at radius 3 is 3.00 bits per heavy atom. The Morgan fingerprint density at radius 2 is 2.33 bits per heavy atom. The predicted molar refractivity (Wildman–Crippen MR) is 77.8 cm³/mol. The Balaban J connectivity index is 2.40. The maximum Gasteiger partial charge on any atom is 0.260 e. The SMILES string of the molecule is Cc1sc2nc(CCl)[nH]c(=O)c2c1-c1cccs1. The Labute approximate surface area is 116 Å². The Morgan fingerprint density at radius 1 is 1.50 bits per heavy atom. The van der Waals surface area contributed by atoms with E-state index in [4.69, 9.17) is 11.6 Å². The van der Waals surface area contributed by atoms with Gasteiger partial charge in [-0.15, -0.1) is 34.3 Å². The van der Waals surface area contributed by atoms with Crippen LogP contribution in [0.1, 0.15) is 10.7 Å². The third kappa shape index (κ3) is 1.79. The molecule has 0 spiro atoms. The molecule has 0 radical (unpaired) electrons. The average molecular weight is 297 g/mol. The Hall–Kier alpha value is -1.17. The highest BCUT2D eigenvalue weighted by atomic mass is 35.5. The zero-order valence-corrected chi connectivity index (χ0v) is 11.9. The van der Waals surface area contributed by atoms with Crippen LogP contribution in [0.25, 0.3) is 20.7 Å². The molecule has 0 saturated heterocycles. The molecule has 6 heteroatoms. The zero-order chi connectivity index (χ0) is 12.7. The van der Waals surface area contributed by atoms with E-state index in [-0.39, 0.29) is 11.4 Å². The summed E-state index contributed by atoms with van der Waals surface area (Å²) in [6.45, 7) is 2.02.